The van der Waals surface area contributed by atoms with Crippen molar-refractivity contribution in [3.63, 3.8) is 0 Å². The molecule has 32 heavy (non-hydrogen) atoms. The molecular formula is C25H30N4O3. The van der Waals surface area contributed by atoms with Gasteiger partial charge in [0.15, 0.2) is 0 Å². The van der Waals surface area contributed by atoms with E-state index in [9.17, 15) is 9.59 Å². The van der Waals surface area contributed by atoms with Crippen LogP contribution in [0.25, 0.3) is 10.9 Å². The van der Waals surface area contributed by atoms with Crippen LogP contribution in [0.15, 0.2) is 59.5 Å². The summed E-state index contributed by atoms with van der Waals surface area (Å²) in [4.78, 5) is 26.7. The summed E-state index contributed by atoms with van der Waals surface area (Å²) in [5.74, 6) is -0.0463. The number of nitrogens with one attached hydrogen (secondary N) is 1. The molecule has 1 amide bonds. The zero-order valence-corrected chi connectivity index (χ0v) is 18.7. The molecule has 7 nitrogen and oxygen atoms in total. The Labute approximate surface area is 188 Å². The van der Waals surface area contributed by atoms with Gasteiger partial charge in [0.05, 0.1) is 30.5 Å². The lowest BCUT2D eigenvalue weighted by Crippen LogP contribution is -2.44. The van der Waals surface area contributed by atoms with Crippen molar-refractivity contribution in [3.05, 3.63) is 76.1 Å². The predicted octanol–water partition coefficient (Wildman–Crippen LogP) is 2.71. The van der Waals surface area contributed by atoms with Crippen molar-refractivity contribution >= 4 is 16.8 Å². The maximum absolute atomic E-state index is 12.4. The number of hydrogen-bond donors (Lipinski definition) is 1. The van der Waals surface area contributed by atoms with Crippen molar-refractivity contribution in [3.8, 4) is 0 Å². The molecule has 4 rings (SSSR count). The fraction of sp³-hybridized carbons (Fsp3) is 0.400. The number of benzene rings is 2. The third-order valence-corrected chi connectivity index (χ3v) is 5.73. The Hall–Kier alpha value is -3.03. The summed E-state index contributed by atoms with van der Waals surface area (Å²) in [6.45, 7) is 7.94. The Morgan fingerprint density at radius 2 is 1.75 bits per heavy atom. The molecule has 0 bridgehead atoms. The number of para-hydroxylation sites is 1. The van der Waals surface area contributed by atoms with Crippen LogP contribution in [0.1, 0.15) is 31.4 Å². The summed E-state index contributed by atoms with van der Waals surface area (Å²) in [5, 5.41) is 7.76. The smallest absolute Gasteiger partial charge is 0.222 e. The first kappa shape index (κ1) is 22.2. The van der Waals surface area contributed by atoms with Crippen LogP contribution in [0.4, 0.5) is 0 Å². The summed E-state index contributed by atoms with van der Waals surface area (Å²) >= 11 is 0. The first-order valence-corrected chi connectivity index (χ1v) is 11.1. The van der Waals surface area contributed by atoms with E-state index in [4.69, 9.17) is 4.74 Å². The van der Waals surface area contributed by atoms with Crippen molar-refractivity contribution in [2.45, 2.75) is 52.1 Å². The zero-order valence-electron chi connectivity index (χ0n) is 18.7. The molecule has 7 heteroatoms. The van der Waals surface area contributed by atoms with Crippen LogP contribution in [-0.2, 0) is 29.2 Å². The molecule has 2 unspecified atom stereocenters. The lowest BCUT2D eigenvalue weighted by molar-refractivity contribution is -0.121. The van der Waals surface area contributed by atoms with E-state index in [1.807, 2.05) is 18.2 Å². The highest BCUT2D eigenvalue weighted by atomic mass is 16.5. The van der Waals surface area contributed by atoms with E-state index in [0.717, 1.165) is 30.7 Å². The molecule has 1 N–H and O–H groups in total. The molecule has 2 atom stereocenters. The summed E-state index contributed by atoms with van der Waals surface area (Å²) in [6, 6.07) is 15.7. The van der Waals surface area contributed by atoms with Crippen LogP contribution in [0.2, 0.25) is 0 Å². The average molecular weight is 435 g/mol. The van der Waals surface area contributed by atoms with Crippen molar-refractivity contribution < 1.29 is 9.53 Å². The molecule has 3 aromatic rings. The molecule has 0 saturated carbocycles. The van der Waals surface area contributed by atoms with Gasteiger partial charge in [0.1, 0.15) is 0 Å². The predicted molar refractivity (Wildman–Crippen MR) is 124 cm³/mol. The van der Waals surface area contributed by atoms with Crippen LogP contribution in [0.3, 0.4) is 0 Å². The summed E-state index contributed by atoms with van der Waals surface area (Å²) in [5.41, 5.74) is 2.96. The highest BCUT2D eigenvalue weighted by molar-refractivity contribution is 5.79. The molecule has 1 aromatic heterocycles. The van der Waals surface area contributed by atoms with Crippen molar-refractivity contribution in [2.24, 2.45) is 0 Å². The number of carbonyl (C=O) groups excluding carboxylic acids is 1. The van der Waals surface area contributed by atoms with Crippen LogP contribution in [0.5, 0.6) is 0 Å². The van der Waals surface area contributed by atoms with E-state index >= 15 is 0 Å². The molecule has 1 fully saturated rings. The Morgan fingerprint density at radius 1 is 1.06 bits per heavy atom. The summed E-state index contributed by atoms with van der Waals surface area (Å²) in [7, 11) is 0. The molecule has 0 aliphatic carbocycles. The molecule has 168 valence electrons. The standard InChI is InChI=1S/C25H30N4O3/c1-18-15-28(16-19(2)32-18)17-21-9-7-20(8-10-21)13-26-25(31)11-12-29-23-6-4-3-5-22(23)24(30)14-27-29/h3-10,14,18-19H,11-13,15-17H2,1-2H3,(H,26,31). The number of aryl methyl sites for hydroxylation is 1. The SMILES string of the molecule is CC1CN(Cc2ccc(CNC(=O)CCn3ncc(=O)c4ccccc43)cc2)CC(C)O1. The second-order valence-electron chi connectivity index (χ2n) is 8.54. The molecule has 2 aromatic carbocycles. The molecule has 0 radical (unpaired) electrons. The Kier molecular flexibility index (Phi) is 6.97. The van der Waals surface area contributed by atoms with Gasteiger partial charge >= 0.3 is 0 Å². The zero-order chi connectivity index (χ0) is 22.5. The normalized spacial score (nSPS) is 19.2. The highest BCUT2D eigenvalue weighted by Crippen LogP contribution is 2.15. The number of morpholine rings is 1. The Morgan fingerprint density at radius 3 is 2.50 bits per heavy atom. The van der Waals surface area contributed by atoms with Gasteiger partial charge in [0, 0.05) is 38.0 Å². The topological polar surface area (TPSA) is 76.5 Å². The lowest BCUT2D eigenvalue weighted by atomic mass is 10.1. The quantitative estimate of drug-likeness (QED) is 0.619. The van der Waals surface area contributed by atoms with Gasteiger partial charge in [-0.05, 0) is 37.1 Å². The van der Waals surface area contributed by atoms with E-state index in [0.29, 0.717) is 24.9 Å². The minimum absolute atomic E-state index is 0.0463. The maximum atomic E-state index is 12.4. The number of amides is 1. The largest absolute Gasteiger partial charge is 0.373 e. The average Bonchev–Trinajstić information content (AvgIpc) is 2.78. The van der Waals surface area contributed by atoms with Crippen molar-refractivity contribution in [1.82, 2.24) is 20.0 Å². The van der Waals surface area contributed by atoms with E-state index < -0.39 is 0 Å². The molecule has 2 heterocycles. The number of carbonyl (C=O) groups is 1. The minimum atomic E-state index is -0.109. The third kappa shape index (κ3) is 5.60. The van der Waals surface area contributed by atoms with Gasteiger partial charge in [-0.25, -0.2) is 0 Å². The highest BCUT2D eigenvalue weighted by Gasteiger charge is 2.21. The number of fused-ring (bicyclic) bond motifs is 1. The first-order valence-electron chi connectivity index (χ1n) is 11.1. The molecule has 1 aliphatic heterocycles. The first-order chi connectivity index (χ1) is 15.5. The summed E-state index contributed by atoms with van der Waals surface area (Å²) < 4.78 is 7.51. The van der Waals surface area contributed by atoms with E-state index in [2.05, 4.69) is 53.4 Å². The van der Waals surface area contributed by atoms with Crippen LogP contribution >= 0.6 is 0 Å². The molecule has 1 saturated heterocycles. The van der Waals surface area contributed by atoms with Gasteiger partial charge in [0.25, 0.3) is 0 Å². The Bertz CT molecular complexity index is 1120. The van der Waals surface area contributed by atoms with Crippen LogP contribution < -0.4 is 10.7 Å². The fourth-order valence-electron chi connectivity index (χ4n) is 4.27. The molecule has 1 aliphatic rings. The van der Waals surface area contributed by atoms with Gasteiger partial charge in [-0.15, -0.1) is 0 Å². The Balaban J connectivity index is 1.26. The molecular weight excluding hydrogens is 404 g/mol. The molecule has 0 spiro atoms. The second kappa shape index (κ2) is 10.1. The van der Waals surface area contributed by atoms with E-state index in [1.54, 1.807) is 10.7 Å². The lowest BCUT2D eigenvalue weighted by Gasteiger charge is -2.35. The van der Waals surface area contributed by atoms with Gasteiger partial charge < -0.3 is 10.1 Å². The number of aromatic nitrogens is 2. The van der Waals surface area contributed by atoms with E-state index in [-0.39, 0.29) is 23.5 Å². The van der Waals surface area contributed by atoms with Crippen LogP contribution in [0, 0.1) is 0 Å². The van der Waals surface area contributed by atoms with E-state index in [1.165, 1.54) is 11.8 Å². The van der Waals surface area contributed by atoms with Crippen molar-refractivity contribution in [2.75, 3.05) is 13.1 Å². The van der Waals surface area contributed by atoms with Gasteiger partial charge in [-0.1, -0.05) is 36.4 Å². The monoisotopic (exact) mass is 434 g/mol. The number of hydrogen-bond acceptors (Lipinski definition) is 5. The third-order valence-electron chi connectivity index (χ3n) is 5.73. The van der Waals surface area contributed by atoms with Gasteiger partial charge in [-0.2, -0.15) is 5.10 Å². The number of ether oxygens (including phenoxy) is 1. The van der Waals surface area contributed by atoms with Crippen LogP contribution in [-0.4, -0.2) is 45.9 Å². The van der Waals surface area contributed by atoms with Gasteiger partial charge in [-0.3, -0.25) is 19.2 Å². The number of nitrogens with zero attached hydrogens (tertiary/aromatic N) is 3. The van der Waals surface area contributed by atoms with Gasteiger partial charge in [0.2, 0.25) is 11.3 Å². The minimum Gasteiger partial charge on any atom is -0.373 e. The van der Waals surface area contributed by atoms with Crippen molar-refractivity contribution in [1.29, 1.82) is 0 Å². The second-order valence-corrected chi connectivity index (χ2v) is 8.54. The summed E-state index contributed by atoms with van der Waals surface area (Å²) in [6.07, 6.45) is 2.13. The fourth-order valence-corrected chi connectivity index (χ4v) is 4.27. The maximum Gasteiger partial charge on any atom is 0.222 e. The number of rotatable bonds is 7.